The van der Waals surface area contributed by atoms with Crippen LogP contribution in [0.25, 0.3) is 0 Å². The average Bonchev–Trinajstić information content (AvgIpc) is 2.64. The van der Waals surface area contributed by atoms with Gasteiger partial charge < -0.3 is 10.6 Å². The second-order valence-electron chi connectivity index (χ2n) is 5.75. The zero-order valence-corrected chi connectivity index (χ0v) is 15.7. The third-order valence-electron chi connectivity index (χ3n) is 3.84. The fraction of sp³-hybridized carbons (Fsp3) is 0.263. The van der Waals surface area contributed by atoms with Crippen molar-refractivity contribution in [1.82, 2.24) is 4.98 Å². The highest BCUT2D eigenvalue weighted by Crippen LogP contribution is 2.39. The van der Waals surface area contributed by atoms with Gasteiger partial charge in [0.15, 0.2) is 0 Å². The molecule has 2 N–H and O–H groups in total. The van der Waals surface area contributed by atoms with Gasteiger partial charge in [-0.05, 0) is 17.5 Å². The van der Waals surface area contributed by atoms with E-state index in [0.29, 0.717) is 34.0 Å². The Bertz CT molecular complexity index is 897. The van der Waals surface area contributed by atoms with Crippen LogP contribution in [0, 0.1) is 22.7 Å². The molecule has 0 radical (unpaired) electrons. The molecule has 0 fully saturated rings. The first kappa shape index (κ1) is 19.3. The zero-order chi connectivity index (χ0) is 19.3. The number of thioether (sulfide) groups is 1. The van der Waals surface area contributed by atoms with E-state index in [2.05, 4.69) is 17.1 Å². The first-order valence-electron chi connectivity index (χ1n) is 7.99. The van der Waals surface area contributed by atoms with Crippen molar-refractivity contribution in [1.29, 1.82) is 10.5 Å². The summed E-state index contributed by atoms with van der Waals surface area (Å²) in [5.74, 6) is -0.0390. The summed E-state index contributed by atoms with van der Waals surface area (Å²) in [6.07, 6.45) is 0.509. The molecule has 2 aromatic rings. The van der Waals surface area contributed by atoms with Gasteiger partial charge >= 0.3 is 0 Å². The van der Waals surface area contributed by atoms with Crippen molar-refractivity contribution in [3.8, 4) is 12.1 Å². The van der Waals surface area contributed by atoms with Crippen LogP contribution >= 0.6 is 11.8 Å². The van der Waals surface area contributed by atoms with Crippen LogP contribution in [0.2, 0.25) is 0 Å². The highest BCUT2D eigenvalue weighted by atomic mass is 32.2. The van der Waals surface area contributed by atoms with Gasteiger partial charge in [0.05, 0.1) is 11.1 Å². The molecule has 2 rings (SSSR count). The number of primary amides is 1. The minimum absolute atomic E-state index is 0.321. The van der Waals surface area contributed by atoms with Gasteiger partial charge in [0, 0.05) is 14.1 Å². The van der Waals surface area contributed by atoms with E-state index in [-0.39, 0.29) is 0 Å². The van der Waals surface area contributed by atoms with Crippen LogP contribution in [0.5, 0.6) is 0 Å². The number of carbonyl (C=O) groups is 1. The average molecular weight is 365 g/mol. The number of hydrogen-bond acceptors (Lipinski definition) is 6. The van der Waals surface area contributed by atoms with Crippen LogP contribution in [-0.2, 0) is 11.2 Å². The van der Waals surface area contributed by atoms with Crippen LogP contribution in [0.4, 0.5) is 5.82 Å². The number of rotatable bonds is 6. The van der Waals surface area contributed by atoms with Crippen molar-refractivity contribution in [3.05, 3.63) is 52.6 Å². The summed E-state index contributed by atoms with van der Waals surface area (Å²) in [4.78, 5) is 18.3. The monoisotopic (exact) mass is 365 g/mol. The van der Waals surface area contributed by atoms with Crippen molar-refractivity contribution in [2.75, 3.05) is 19.0 Å². The van der Waals surface area contributed by atoms with Gasteiger partial charge in [-0.2, -0.15) is 10.5 Å². The van der Waals surface area contributed by atoms with Crippen molar-refractivity contribution in [2.45, 2.75) is 23.6 Å². The Balaban J connectivity index is 2.65. The molecule has 1 amide bonds. The fourth-order valence-corrected chi connectivity index (χ4v) is 3.68. The Hall–Kier alpha value is -3.03. The topological polar surface area (TPSA) is 107 Å². The van der Waals surface area contributed by atoms with Crippen LogP contribution in [0.3, 0.4) is 0 Å². The Morgan fingerprint density at radius 2 is 1.85 bits per heavy atom. The third kappa shape index (κ3) is 3.79. The largest absolute Gasteiger partial charge is 0.368 e. The second-order valence-corrected chi connectivity index (χ2v) is 6.85. The summed E-state index contributed by atoms with van der Waals surface area (Å²) in [7, 11) is 3.57. The van der Waals surface area contributed by atoms with E-state index in [1.807, 2.05) is 37.3 Å². The molecule has 6 nitrogen and oxygen atoms in total. The van der Waals surface area contributed by atoms with Crippen molar-refractivity contribution in [2.24, 2.45) is 5.73 Å². The van der Waals surface area contributed by atoms with Gasteiger partial charge in [-0.25, -0.2) is 4.98 Å². The molecule has 0 aliphatic carbocycles. The van der Waals surface area contributed by atoms with Gasteiger partial charge in [-0.15, -0.1) is 0 Å². The van der Waals surface area contributed by atoms with Gasteiger partial charge in [0.25, 0.3) is 0 Å². The normalized spacial score (nSPS) is 11.3. The standard InChI is InChI=1S/C19H19N5OS/c1-4-13-14(10-20)18(24(2)3)23-19(15(13)11-21)26-16(17(22)25)12-8-6-5-7-9-12/h5-9,16H,4H2,1-3H3,(H2,22,25)/t16-/m0/s1. The number of aromatic nitrogens is 1. The minimum atomic E-state index is -0.677. The molecule has 1 aromatic carbocycles. The number of hydrogen-bond donors (Lipinski definition) is 1. The second kappa shape index (κ2) is 8.37. The van der Waals surface area contributed by atoms with E-state index in [1.165, 1.54) is 0 Å². The van der Waals surface area contributed by atoms with E-state index in [1.54, 1.807) is 19.0 Å². The maximum atomic E-state index is 12.0. The lowest BCUT2D eigenvalue weighted by atomic mass is 10.0. The molecule has 1 heterocycles. The van der Waals surface area contributed by atoms with Crippen molar-refractivity contribution >= 4 is 23.5 Å². The molecule has 0 unspecified atom stereocenters. The van der Waals surface area contributed by atoms with E-state index >= 15 is 0 Å². The molecule has 0 bridgehead atoms. The molecular formula is C19H19N5OS. The lowest BCUT2D eigenvalue weighted by Gasteiger charge is -2.20. The summed E-state index contributed by atoms with van der Waals surface area (Å²) < 4.78 is 0. The number of carbonyl (C=O) groups excluding carboxylic acids is 1. The van der Waals surface area contributed by atoms with E-state index in [4.69, 9.17) is 5.73 Å². The number of nitrogens with two attached hydrogens (primary N) is 1. The predicted octanol–water partition coefficient (Wildman–Crippen LogP) is 2.77. The van der Waals surface area contributed by atoms with Crippen LogP contribution in [0.15, 0.2) is 35.4 Å². The number of pyridine rings is 1. The van der Waals surface area contributed by atoms with E-state index in [9.17, 15) is 15.3 Å². The predicted molar refractivity (Wildman–Crippen MR) is 102 cm³/mol. The minimum Gasteiger partial charge on any atom is -0.368 e. The maximum Gasteiger partial charge on any atom is 0.235 e. The van der Waals surface area contributed by atoms with Crippen molar-refractivity contribution in [3.63, 3.8) is 0 Å². The quantitative estimate of drug-likeness (QED) is 0.789. The summed E-state index contributed by atoms with van der Waals surface area (Å²) in [5.41, 5.74) is 7.68. The molecule has 0 saturated heterocycles. The summed E-state index contributed by atoms with van der Waals surface area (Å²) in [6, 6.07) is 13.4. The Labute approximate surface area is 157 Å². The molecule has 0 aliphatic heterocycles. The summed E-state index contributed by atoms with van der Waals surface area (Å²) >= 11 is 1.14. The lowest BCUT2D eigenvalue weighted by Crippen LogP contribution is -2.20. The number of amides is 1. The van der Waals surface area contributed by atoms with Gasteiger partial charge in [-0.1, -0.05) is 49.0 Å². The Morgan fingerprint density at radius 1 is 1.23 bits per heavy atom. The molecule has 0 saturated carbocycles. The fourth-order valence-electron chi connectivity index (χ4n) is 2.62. The lowest BCUT2D eigenvalue weighted by molar-refractivity contribution is -0.117. The Morgan fingerprint density at radius 3 is 2.31 bits per heavy atom. The molecule has 1 atom stereocenters. The van der Waals surface area contributed by atoms with Crippen LogP contribution in [-0.4, -0.2) is 25.0 Å². The smallest absolute Gasteiger partial charge is 0.235 e. The van der Waals surface area contributed by atoms with Crippen LogP contribution < -0.4 is 10.6 Å². The van der Waals surface area contributed by atoms with Gasteiger partial charge in [-0.3, -0.25) is 4.79 Å². The van der Waals surface area contributed by atoms with E-state index in [0.717, 1.165) is 17.3 Å². The third-order valence-corrected chi connectivity index (χ3v) is 5.10. The molecular weight excluding hydrogens is 346 g/mol. The highest BCUT2D eigenvalue weighted by molar-refractivity contribution is 8.00. The van der Waals surface area contributed by atoms with Crippen molar-refractivity contribution < 1.29 is 4.79 Å². The molecule has 26 heavy (non-hydrogen) atoms. The van der Waals surface area contributed by atoms with Gasteiger partial charge in [0.1, 0.15) is 28.2 Å². The highest BCUT2D eigenvalue weighted by Gasteiger charge is 2.26. The van der Waals surface area contributed by atoms with Gasteiger partial charge in [0.2, 0.25) is 5.91 Å². The Kier molecular flexibility index (Phi) is 6.21. The van der Waals surface area contributed by atoms with E-state index < -0.39 is 11.2 Å². The molecule has 0 aliphatic rings. The maximum absolute atomic E-state index is 12.0. The first-order chi connectivity index (χ1) is 12.4. The molecule has 1 aromatic heterocycles. The summed E-state index contributed by atoms with van der Waals surface area (Å²) in [5, 5.41) is 18.9. The zero-order valence-electron chi connectivity index (χ0n) is 14.9. The number of nitriles is 2. The molecule has 0 spiro atoms. The molecule has 7 heteroatoms. The number of nitrogens with zero attached hydrogens (tertiary/aromatic N) is 4. The number of anilines is 1. The van der Waals surface area contributed by atoms with Crippen LogP contribution in [0.1, 0.15) is 34.4 Å². The first-order valence-corrected chi connectivity index (χ1v) is 8.87. The SMILES string of the molecule is CCc1c(C#N)c(S[C@H](C(N)=O)c2ccccc2)nc(N(C)C)c1C#N. The summed E-state index contributed by atoms with van der Waals surface area (Å²) in [6.45, 7) is 1.88. The number of benzene rings is 1. The molecule has 132 valence electrons.